The van der Waals surface area contributed by atoms with Crippen LogP contribution in [0.15, 0.2) is 0 Å². The Morgan fingerprint density at radius 2 is 2.00 bits per heavy atom. The van der Waals surface area contributed by atoms with Crippen LogP contribution in [0, 0.1) is 5.92 Å². The number of carbonyl (C=O) groups is 3. The lowest BCUT2D eigenvalue weighted by Gasteiger charge is -2.33. The topological polar surface area (TPSA) is 95.7 Å². The van der Waals surface area contributed by atoms with Gasteiger partial charge in [-0.15, -0.1) is 0 Å². The maximum absolute atomic E-state index is 12.5. The summed E-state index contributed by atoms with van der Waals surface area (Å²) in [5.74, 6) is -0.167. The van der Waals surface area contributed by atoms with Crippen LogP contribution >= 0.6 is 0 Å². The third kappa shape index (κ3) is 5.20. The molecule has 7 heteroatoms. The van der Waals surface area contributed by atoms with E-state index in [1.807, 2.05) is 0 Å². The Kier molecular flexibility index (Phi) is 6.83. The molecule has 3 N–H and O–H groups in total. The molecule has 0 bridgehead atoms. The van der Waals surface area contributed by atoms with Crippen LogP contribution in [0.2, 0.25) is 0 Å². The van der Waals surface area contributed by atoms with Gasteiger partial charge in [0.1, 0.15) is 0 Å². The maximum Gasteiger partial charge on any atom is 0.242 e. The summed E-state index contributed by atoms with van der Waals surface area (Å²) in [6, 6.07) is 0. The van der Waals surface area contributed by atoms with Crippen molar-refractivity contribution in [3.63, 3.8) is 0 Å². The van der Waals surface area contributed by atoms with Crippen LogP contribution in [0.5, 0.6) is 0 Å². The number of nitrogens with one attached hydrogen (secondary N) is 1. The molecule has 3 amide bonds. The van der Waals surface area contributed by atoms with Crippen LogP contribution in [-0.2, 0) is 14.4 Å². The number of nitrogens with zero attached hydrogens (tertiary/aromatic N) is 2. The van der Waals surface area contributed by atoms with Gasteiger partial charge in [-0.05, 0) is 25.7 Å². The standard InChI is InChI=1S/C16H28N4O3/c17-7-8-18-16(23)13-5-4-10-19(11-13)15(22)12-20-9-3-1-2-6-14(20)21/h13H,1-12,17H2,(H,18,23). The van der Waals surface area contributed by atoms with Gasteiger partial charge < -0.3 is 20.9 Å². The van der Waals surface area contributed by atoms with E-state index >= 15 is 0 Å². The van der Waals surface area contributed by atoms with E-state index in [1.165, 1.54) is 0 Å². The van der Waals surface area contributed by atoms with Crippen molar-refractivity contribution in [2.45, 2.75) is 38.5 Å². The van der Waals surface area contributed by atoms with Crippen LogP contribution in [0.3, 0.4) is 0 Å². The van der Waals surface area contributed by atoms with Crippen molar-refractivity contribution in [2.75, 3.05) is 39.3 Å². The van der Waals surface area contributed by atoms with Crippen molar-refractivity contribution in [1.29, 1.82) is 0 Å². The lowest BCUT2D eigenvalue weighted by Crippen LogP contribution is -2.49. The molecule has 2 heterocycles. The molecule has 2 aliphatic heterocycles. The number of amides is 3. The van der Waals surface area contributed by atoms with Gasteiger partial charge in [0.05, 0.1) is 12.5 Å². The van der Waals surface area contributed by atoms with Crippen LogP contribution in [0.25, 0.3) is 0 Å². The molecular formula is C16H28N4O3. The first kappa shape index (κ1) is 17.7. The number of nitrogens with two attached hydrogens (primary N) is 1. The molecule has 0 radical (unpaired) electrons. The molecule has 1 unspecified atom stereocenters. The summed E-state index contributed by atoms with van der Waals surface area (Å²) < 4.78 is 0. The van der Waals surface area contributed by atoms with E-state index in [4.69, 9.17) is 5.73 Å². The summed E-state index contributed by atoms with van der Waals surface area (Å²) in [7, 11) is 0. The summed E-state index contributed by atoms with van der Waals surface area (Å²) in [4.78, 5) is 39.9. The zero-order valence-electron chi connectivity index (χ0n) is 13.8. The van der Waals surface area contributed by atoms with Gasteiger partial charge in [0.2, 0.25) is 17.7 Å². The molecule has 0 saturated carbocycles. The highest BCUT2D eigenvalue weighted by Gasteiger charge is 2.29. The van der Waals surface area contributed by atoms with Crippen molar-refractivity contribution in [2.24, 2.45) is 11.7 Å². The highest BCUT2D eigenvalue weighted by molar-refractivity contribution is 5.86. The predicted molar refractivity (Wildman–Crippen MR) is 86.4 cm³/mol. The fraction of sp³-hybridized carbons (Fsp3) is 0.812. The largest absolute Gasteiger partial charge is 0.355 e. The molecular weight excluding hydrogens is 296 g/mol. The summed E-state index contributed by atoms with van der Waals surface area (Å²) in [5.41, 5.74) is 5.40. The van der Waals surface area contributed by atoms with E-state index < -0.39 is 0 Å². The number of piperidine rings is 1. The summed E-state index contributed by atoms with van der Waals surface area (Å²) in [6.07, 6.45) is 5.07. The minimum Gasteiger partial charge on any atom is -0.355 e. The van der Waals surface area contributed by atoms with Crippen LogP contribution in [0.1, 0.15) is 38.5 Å². The number of carbonyl (C=O) groups excluding carboxylic acids is 3. The molecule has 0 aromatic carbocycles. The Labute approximate surface area is 137 Å². The SMILES string of the molecule is NCCNC(=O)C1CCCN(C(=O)CN2CCCCCC2=O)C1. The third-order valence-corrected chi connectivity index (χ3v) is 4.59. The monoisotopic (exact) mass is 324 g/mol. The fourth-order valence-corrected chi connectivity index (χ4v) is 3.23. The highest BCUT2D eigenvalue weighted by Crippen LogP contribution is 2.18. The van der Waals surface area contributed by atoms with E-state index in [2.05, 4.69) is 5.32 Å². The summed E-state index contributed by atoms with van der Waals surface area (Å²) in [6.45, 7) is 2.80. The average molecular weight is 324 g/mol. The smallest absolute Gasteiger partial charge is 0.242 e. The van der Waals surface area contributed by atoms with Gasteiger partial charge in [-0.3, -0.25) is 14.4 Å². The number of rotatable bonds is 5. The normalized spacial score (nSPS) is 22.7. The second kappa shape index (κ2) is 8.86. The highest BCUT2D eigenvalue weighted by atomic mass is 16.2. The molecule has 7 nitrogen and oxygen atoms in total. The van der Waals surface area contributed by atoms with Crippen LogP contribution in [0.4, 0.5) is 0 Å². The summed E-state index contributed by atoms with van der Waals surface area (Å²) >= 11 is 0. The second-order valence-electron chi connectivity index (χ2n) is 6.38. The Balaban J connectivity index is 1.86. The quantitative estimate of drug-likeness (QED) is 0.726. The average Bonchev–Trinajstić information content (AvgIpc) is 2.77. The van der Waals surface area contributed by atoms with Crippen LogP contribution < -0.4 is 11.1 Å². The molecule has 0 aromatic rings. The Hall–Kier alpha value is -1.63. The minimum atomic E-state index is -0.168. The maximum atomic E-state index is 12.5. The lowest BCUT2D eigenvalue weighted by molar-refractivity contribution is -0.142. The van der Waals surface area contributed by atoms with Crippen molar-refractivity contribution < 1.29 is 14.4 Å². The first-order valence-electron chi connectivity index (χ1n) is 8.65. The zero-order chi connectivity index (χ0) is 16.7. The van der Waals surface area contributed by atoms with E-state index in [-0.39, 0.29) is 30.2 Å². The van der Waals surface area contributed by atoms with Crippen molar-refractivity contribution >= 4 is 17.7 Å². The minimum absolute atomic E-state index is 0.0289. The molecule has 0 spiro atoms. The number of hydrogen-bond acceptors (Lipinski definition) is 4. The van der Waals surface area contributed by atoms with E-state index in [0.717, 1.165) is 32.1 Å². The molecule has 0 aromatic heterocycles. The van der Waals surface area contributed by atoms with E-state index in [1.54, 1.807) is 9.80 Å². The first-order chi connectivity index (χ1) is 11.1. The number of likely N-dealkylation sites (tertiary alicyclic amines) is 2. The number of hydrogen-bond donors (Lipinski definition) is 2. The van der Waals surface area contributed by atoms with Gasteiger partial charge >= 0.3 is 0 Å². The Morgan fingerprint density at radius 3 is 2.78 bits per heavy atom. The second-order valence-corrected chi connectivity index (χ2v) is 6.38. The van der Waals surface area contributed by atoms with Gasteiger partial charge in [0.15, 0.2) is 0 Å². The predicted octanol–water partition coefficient (Wildman–Crippen LogP) is -0.297. The first-order valence-corrected chi connectivity index (χ1v) is 8.65. The third-order valence-electron chi connectivity index (χ3n) is 4.59. The van der Waals surface area contributed by atoms with Gasteiger partial charge in [0.25, 0.3) is 0 Å². The fourth-order valence-electron chi connectivity index (χ4n) is 3.23. The molecule has 130 valence electrons. The van der Waals surface area contributed by atoms with Crippen molar-refractivity contribution in [1.82, 2.24) is 15.1 Å². The molecule has 2 rings (SSSR count). The van der Waals surface area contributed by atoms with E-state index in [0.29, 0.717) is 39.1 Å². The molecule has 23 heavy (non-hydrogen) atoms. The zero-order valence-corrected chi connectivity index (χ0v) is 13.8. The van der Waals surface area contributed by atoms with E-state index in [9.17, 15) is 14.4 Å². The van der Waals surface area contributed by atoms with Crippen LogP contribution in [-0.4, -0.2) is 66.8 Å². The van der Waals surface area contributed by atoms with Gasteiger partial charge in [-0.1, -0.05) is 6.42 Å². The van der Waals surface area contributed by atoms with Gasteiger partial charge in [0, 0.05) is 39.1 Å². The van der Waals surface area contributed by atoms with Crippen molar-refractivity contribution in [3.8, 4) is 0 Å². The molecule has 2 aliphatic rings. The lowest BCUT2D eigenvalue weighted by atomic mass is 9.97. The molecule has 2 fully saturated rings. The Bertz CT molecular complexity index is 441. The summed E-state index contributed by atoms with van der Waals surface area (Å²) in [5, 5.41) is 2.79. The van der Waals surface area contributed by atoms with Gasteiger partial charge in [-0.2, -0.15) is 0 Å². The molecule has 2 saturated heterocycles. The Morgan fingerprint density at radius 1 is 1.17 bits per heavy atom. The van der Waals surface area contributed by atoms with Gasteiger partial charge in [-0.25, -0.2) is 0 Å². The molecule has 1 atom stereocenters. The van der Waals surface area contributed by atoms with Crippen molar-refractivity contribution in [3.05, 3.63) is 0 Å². The molecule has 0 aliphatic carbocycles.